The summed E-state index contributed by atoms with van der Waals surface area (Å²) in [4.78, 5) is 4.34. The molecule has 0 amide bonds. The maximum Gasteiger partial charge on any atom is 0.146 e. The first-order valence-electron chi connectivity index (χ1n) is 6.54. The lowest BCUT2D eigenvalue weighted by molar-refractivity contribution is 0.343. The molecule has 2 nitrogen and oxygen atoms in total. The van der Waals surface area contributed by atoms with Crippen molar-refractivity contribution in [2.24, 2.45) is 0 Å². The molecule has 0 unspecified atom stereocenters. The Balaban J connectivity index is 2.09. The van der Waals surface area contributed by atoms with E-state index in [0.29, 0.717) is 5.69 Å². The first-order chi connectivity index (χ1) is 9.25. The molecule has 1 heterocycles. The number of fused-ring (bicyclic) bond motifs is 1. The van der Waals surface area contributed by atoms with E-state index in [4.69, 9.17) is 0 Å². The maximum atomic E-state index is 14.0. The molecule has 0 atom stereocenters. The zero-order valence-electron chi connectivity index (χ0n) is 11.0. The Kier molecular flexibility index (Phi) is 3.22. The predicted octanol–water partition coefficient (Wildman–Crippen LogP) is 3.41. The number of para-hydroxylation sites is 2. The maximum absolute atomic E-state index is 14.0. The highest BCUT2D eigenvalue weighted by molar-refractivity contribution is 5.67. The van der Waals surface area contributed by atoms with E-state index in [0.717, 1.165) is 25.3 Å². The third-order valence-corrected chi connectivity index (χ3v) is 3.57. The van der Waals surface area contributed by atoms with Crippen LogP contribution < -0.4 is 4.90 Å². The first kappa shape index (κ1) is 12.2. The van der Waals surface area contributed by atoms with Crippen molar-refractivity contribution >= 4 is 11.4 Å². The molecule has 0 radical (unpaired) electrons. The minimum absolute atomic E-state index is 0.165. The van der Waals surface area contributed by atoms with Gasteiger partial charge in [-0.2, -0.15) is 0 Å². The lowest BCUT2D eigenvalue weighted by atomic mass is 10.1. The second kappa shape index (κ2) is 5.02. The van der Waals surface area contributed by atoms with E-state index in [1.54, 1.807) is 6.07 Å². The highest BCUT2D eigenvalue weighted by Gasteiger charge is 2.20. The van der Waals surface area contributed by atoms with Crippen molar-refractivity contribution in [3.8, 4) is 0 Å². The third kappa shape index (κ3) is 2.34. The molecule has 1 aliphatic rings. The molecule has 0 bridgehead atoms. The molecule has 98 valence electrons. The van der Waals surface area contributed by atoms with Crippen molar-refractivity contribution in [1.82, 2.24) is 4.90 Å². The van der Waals surface area contributed by atoms with Gasteiger partial charge in [0.05, 0.1) is 5.69 Å². The lowest BCUT2D eigenvalue weighted by Gasteiger charge is -2.25. The van der Waals surface area contributed by atoms with Crippen LogP contribution in [0, 0.1) is 5.82 Å². The van der Waals surface area contributed by atoms with Crippen LogP contribution in [0.25, 0.3) is 0 Å². The minimum Gasteiger partial charge on any atom is -0.338 e. The van der Waals surface area contributed by atoms with Crippen LogP contribution >= 0.6 is 0 Å². The summed E-state index contributed by atoms with van der Waals surface area (Å²) in [7, 11) is 2.10. The van der Waals surface area contributed by atoms with Crippen LogP contribution in [0.2, 0.25) is 0 Å². The van der Waals surface area contributed by atoms with Crippen LogP contribution in [0.15, 0.2) is 48.5 Å². The number of halogens is 1. The van der Waals surface area contributed by atoms with Crippen LogP contribution in [-0.4, -0.2) is 25.0 Å². The van der Waals surface area contributed by atoms with E-state index in [1.807, 2.05) is 24.3 Å². The standard InChI is InChI=1S/C16H17FN2/c1-18-10-11-19(16-9-5-3-7-14(16)17)15-8-4-2-6-13(15)12-18/h2-9H,10-12H2,1H3. The Morgan fingerprint density at radius 3 is 2.37 bits per heavy atom. The summed E-state index contributed by atoms with van der Waals surface area (Å²) in [5.74, 6) is -0.165. The molecule has 0 saturated heterocycles. The molecule has 0 aromatic heterocycles. The molecule has 2 aromatic carbocycles. The molecule has 0 N–H and O–H groups in total. The molecule has 1 aliphatic heterocycles. The average Bonchev–Trinajstić information content (AvgIpc) is 2.58. The fraction of sp³-hybridized carbons (Fsp3) is 0.250. The van der Waals surface area contributed by atoms with Crippen LogP contribution in [-0.2, 0) is 6.54 Å². The Hall–Kier alpha value is -1.87. The second-order valence-corrected chi connectivity index (χ2v) is 4.97. The highest BCUT2D eigenvalue weighted by atomic mass is 19.1. The Bertz CT molecular complexity index is 582. The Labute approximate surface area is 113 Å². The van der Waals surface area contributed by atoms with Gasteiger partial charge in [0.15, 0.2) is 0 Å². The third-order valence-electron chi connectivity index (χ3n) is 3.57. The van der Waals surface area contributed by atoms with Crippen LogP contribution in [0.3, 0.4) is 0 Å². The van der Waals surface area contributed by atoms with Crippen LogP contribution in [0.1, 0.15) is 5.56 Å². The molecule has 0 fully saturated rings. The van der Waals surface area contributed by atoms with E-state index in [-0.39, 0.29) is 5.82 Å². The molecule has 0 saturated carbocycles. The summed E-state index contributed by atoms with van der Waals surface area (Å²) < 4.78 is 14.0. The molecule has 0 spiro atoms. The molecule has 3 rings (SSSR count). The smallest absolute Gasteiger partial charge is 0.146 e. The average molecular weight is 256 g/mol. The summed E-state index contributed by atoms with van der Waals surface area (Å²) >= 11 is 0. The molecular weight excluding hydrogens is 239 g/mol. The van der Waals surface area contributed by atoms with E-state index >= 15 is 0 Å². The van der Waals surface area contributed by atoms with Gasteiger partial charge in [0.25, 0.3) is 0 Å². The van der Waals surface area contributed by atoms with Gasteiger partial charge in [0.1, 0.15) is 5.82 Å². The minimum atomic E-state index is -0.165. The number of likely N-dealkylation sites (N-methyl/N-ethyl adjacent to an activating group) is 1. The van der Waals surface area contributed by atoms with Gasteiger partial charge in [-0.15, -0.1) is 0 Å². The number of benzene rings is 2. The van der Waals surface area contributed by atoms with Gasteiger partial charge < -0.3 is 9.80 Å². The Morgan fingerprint density at radius 2 is 1.58 bits per heavy atom. The Morgan fingerprint density at radius 1 is 0.895 bits per heavy atom. The van der Waals surface area contributed by atoms with Crippen molar-refractivity contribution < 1.29 is 4.39 Å². The summed E-state index contributed by atoms with van der Waals surface area (Å²) in [6, 6.07) is 15.2. The van der Waals surface area contributed by atoms with Crippen molar-refractivity contribution in [1.29, 1.82) is 0 Å². The number of anilines is 2. The predicted molar refractivity (Wildman–Crippen MR) is 76.2 cm³/mol. The van der Waals surface area contributed by atoms with Gasteiger partial charge in [0, 0.05) is 25.3 Å². The molecule has 2 aromatic rings. The summed E-state index contributed by atoms with van der Waals surface area (Å²) in [6.45, 7) is 2.62. The van der Waals surface area contributed by atoms with E-state index in [2.05, 4.69) is 29.0 Å². The topological polar surface area (TPSA) is 6.48 Å². The number of hydrogen-bond donors (Lipinski definition) is 0. The van der Waals surface area contributed by atoms with Crippen LogP contribution in [0.4, 0.5) is 15.8 Å². The fourth-order valence-corrected chi connectivity index (χ4v) is 2.59. The fourth-order valence-electron chi connectivity index (χ4n) is 2.59. The number of hydrogen-bond acceptors (Lipinski definition) is 2. The van der Waals surface area contributed by atoms with Crippen molar-refractivity contribution in [2.45, 2.75) is 6.54 Å². The highest BCUT2D eigenvalue weighted by Crippen LogP contribution is 2.32. The lowest BCUT2D eigenvalue weighted by Crippen LogP contribution is -2.26. The normalized spacial score (nSPS) is 16.0. The van der Waals surface area contributed by atoms with Crippen molar-refractivity contribution in [2.75, 3.05) is 25.0 Å². The van der Waals surface area contributed by atoms with Gasteiger partial charge in [-0.25, -0.2) is 4.39 Å². The zero-order chi connectivity index (χ0) is 13.2. The van der Waals surface area contributed by atoms with Gasteiger partial charge >= 0.3 is 0 Å². The summed E-state index contributed by atoms with van der Waals surface area (Å²) in [6.07, 6.45) is 0. The quantitative estimate of drug-likeness (QED) is 0.771. The monoisotopic (exact) mass is 256 g/mol. The van der Waals surface area contributed by atoms with Gasteiger partial charge in [-0.1, -0.05) is 30.3 Å². The van der Waals surface area contributed by atoms with E-state index in [9.17, 15) is 4.39 Å². The molecular formula is C16H17FN2. The molecule has 19 heavy (non-hydrogen) atoms. The van der Waals surface area contributed by atoms with E-state index in [1.165, 1.54) is 11.6 Å². The first-order valence-corrected chi connectivity index (χ1v) is 6.54. The SMILES string of the molecule is CN1CCN(c2ccccc2F)c2ccccc2C1. The van der Waals surface area contributed by atoms with Gasteiger partial charge in [0.2, 0.25) is 0 Å². The van der Waals surface area contributed by atoms with Gasteiger partial charge in [-0.05, 0) is 30.8 Å². The number of nitrogens with zero attached hydrogens (tertiary/aromatic N) is 2. The largest absolute Gasteiger partial charge is 0.338 e. The molecule has 0 aliphatic carbocycles. The van der Waals surface area contributed by atoms with Gasteiger partial charge in [-0.3, -0.25) is 0 Å². The zero-order valence-corrected chi connectivity index (χ0v) is 11.0. The van der Waals surface area contributed by atoms with Crippen molar-refractivity contribution in [3.63, 3.8) is 0 Å². The second-order valence-electron chi connectivity index (χ2n) is 4.97. The summed E-state index contributed by atoms with van der Waals surface area (Å²) in [5, 5.41) is 0. The van der Waals surface area contributed by atoms with Crippen molar-refractivity contribution in [3.05, 3.63) is 59.9 Å². The summed E-state index contributed by atoms with van der Waals surface area (Å²) in [5.41, 5.74) is 3.01. The number of rotatable bonds is 1. The molecule has 3 heteroatoms. The van der Waals surface area contributed by atoms with E-state index < -0.39 is 0 Å². The van der Waals surface area contributed by atoms with Crippen LogP contribution in [0.5, 0.6) is 0 Å².